The lowest BCUT2D eigenvalue weighted by Crippen LogP contribution is -2.02. The van der Waals surface area contributed by atoms with Gasteiger partial charge in [-0.05, 0) is 23.3 Å². The zero-order valence-electron chi connectivity index (χ0n) is 11.7. The highest BCUT2D eigenvalue weighted by Gasteiger charge is 2.03. The van der Waals surface area contributed by atoms with Gasteiger partial charge in [0, 0.05) is 19.7 Å². The topological polar surface area (TPSA) is 30.5 Å². The van der Waals surface area contributed by atoms with Crippen LogP contribution < -0.4 is 10.1 Å². The molecule has 0 unspecified atom stereocenters. The van der Waals surface area contributed by atoms with E-state index in [0.717, 1.165) is 11.1 Å². The standard InChI is InChI=1S/C16H18FNO2/c1-19-11-13-5-3-12(4-6-13)10-18-16-9-14(20-2)7-8-15(16)17/h3-9,18H,10-11H2,1-2H3. The molecule has 0 saturated carbocycles. The Morgan fingerprint density at radius 3 is 2.35 bits per heavy atom. The van der Waals surface area contributed by atoms with Crippen LogP contribution in [0.4, 0.5) is 10.1 Å². The van der Waals surface area contributed by atoms with Gasteiger partial charge in [-0.15, -0.1) is 0 Å². The second-order valence-corrected chi connectivity index (χ2v) is 4.45. The predicted octanol–water partition coefficient (Wildman–Crippen LogP) is 3.59. The molecule has 3 nitrogen and oxygen atoms in total. The molecule has 2 aromatic rings. The van der Waals surface area contributed by atoms with Crippen LogP contribution in [0, 0.1) is 5.82 Å². The van der Waals surface area contributed by atoms with Crippen molar-refractivity contribution in [2.24, 2.45) is 0 Å². The molecule has 0 heterocycles. The molecule has 2 aromatic carbocycles. The van der Waals surface area contributed by atoms with E-state index in [1.54, 1.807) is 26.4 Å². The molecule has 0 saturated heterocycles. The normalized spacial score (nSPS) is 10.3. The maximum atomic E-state index is 13.6. The summed E-state index contributed by atoms with van der Waals surface area (Å²) in [7, 11) is 3.23. The Morgan fingerprint density at radius 2 is 1.70 bits per heavy atom. The number of ether oxygens (including phenoxy) is 2. The Balaban J connectivity index is 2.01. The van der Waals surface area contributed by atoms with E-state index in [-0.39, 0.29) is 5.82 Å². The second kappa shape index (κ2) is 6.91. The molecule has 0 aliphatic heterocycles. The van der Waals surface area contributed by atoms with Gasteiger partial charge in [0.15, 0.2) is 0 Å². The maximum absolute atomic E-state index is 13.6. The zero-order valence-corrected chi connectivity index (χ0v) is 11.7. The van der Waals surface area contributed by atoms with Crippen molar-refractivity contribution in [2.75, 3.05) is 19.5 Å². The van der Waals surface area contributed by atoms with Crippen LogP contribution in [-0.4, -0.2) is 14.2 Å². The average Bonchev–Trinajstić information content (AvgIpc) is 2.48. The fourth-order valence-corrected chi connectivity index (χ4v) is 1.88. The summed E-state index contributed by atoms with van der Waals surface area (Å²) in [6.45, 7) is 1.15. The van der Waals surface area contributed by atoms with Crippen molar-refractivity contribution in [3.05, 3.63) is 59.4 Å². The van der Waals surface area contributed by atoms with Crippen LogP contribution in [0.1, 0.15) is 11.1 Å². The second-order valence-electron chi connectivity index (χ2n) is 4.45. The van der Waals surface area contributed by atoms with Gasteiger partial charge < -0.3 is 14.8 Å². The molecule has 2 rings (SSSR count). The minimum Gasteiger partial charge on any atom is -0.497 e. The Hall–Kier alpha value is -2.07. The molecule has 0 atom stereocenters. The molecule has 0 aliphatic rings. The maximum Gasteiger partial charge on any atom is 0.146 e. The van der Waals surface area contributed by atoms with E-state index >= 15 is 0 Å². The van der Waals surface area contributed by atoms with Crippen molar-refractivity contribution in [1.82, 2.24) is 0 Å². The molecule has 0 spiro atoms. The van der Waals surface area contributed by atoms with Crippen molar-refractivity contribution in [3.8, 4) is 5.75 Å². The molecule has 0 aliphatic carbocycles. The van der Waals surface area contributed by atoms with E-state index in [0.29, 0.717) is 24.6 Å². The summed E-state index contributed by atoms with van der Waals surface area (Å²) >= 11 is 0. The largest absolute Gasteiger partial charge is 0.497 e. The number of benzene rings is 2. The smallest absolute Gasteiger partial charge is 0.146 e. The summed E-state index contributed by atoms with van der Waals surface area (Å²) < 4.78 is 23.8. The highest BCUT2D eigenvalue weighted by atomic mass is 19.1. The molecule has 0 aromatic heterocycles. The molecule has 0 radical (unpaired) electrons. The van der Waals surface area contributed by atoms with Gasteiger partial charge >= 0.3 is 0 Å². The molecule has 4 heteroatoms. The van der Waals surface area contributed by atoms with Gasteiger partial charge in [-0.1, -0.05) is 24.3 Å². The Labute approximate surface area is 118 Å². The van der Waals surface area contributed by atoms with Crippen molar-refractivity contribution in [2.45, 2.75) is 13.2 Å². The summed E-state index contributed by atoms with van der Waals surface area (Å²) in [6, 6.07) is 12.6. The third-order valence-electron chi connectivity index (χ3n) is 2.99. The van der Waals surface area contributed by atoms with Crippen LogP contribution >= 0.6 is 0 Å². The number of anilines is 1. The van der Waals surface area contributed by atoms with Gasteiger partial charge in [-0.2, -0.15) is 0 Å². The van der Waals surface area contributed by atoms with Crippen LogP contribution in [0.3, 0.4) is 0 Å². The van der Waals surface area contributed by atoms with Crippen molar-refractivity contribution >= 4 is 5.69 Å². The van der Waals surface area contributed by atoms with Crippen LogP contribution in [0.2, 0.25) is 0 Å². The third kappa shape index (κ3) is 3.71. The van der Waals surface area contributed by atoms with Crippen LogP contribution in [0.15, 0.2) is 42.5 Å². The van der Waals surface area contributed by atoms with Crippen LogP contribution in [0.25, 0.3) is 0 Å². The number of hydrogen-bond donors (Lipinski definition) is 1. The van der Waals surface area contributed by atoms with E-state index in [1.807, 2.05) is 24.3 Å². The number of halogens is 1. The van der Waals surface area contributed by atoms with Crippen LogP contribution in [0.5, 0.6) is 5.75 Å². The lowest BCUT2D eigenvalue weighted by molar-refractivity contribution is 0.185. The molecular formula is C16H18FNO2. The summed E-state index contributed by atoms with van der Waals surface area (Å²) in [4.78, 5) is 0. The monoisotopic (exact) mass is 275 g/mol. The summed E-state index contributed by atoms with van der Waals surface area (Å²) in [5, 5.41) is 3.07. The van der Waals surface area contributed by atoms with Crippen molar-refractivity contribution in [1.29, 1.82) is 0 Å². The number of nitrogens with one attached hydrogen (secondary N) is 1. The quantitative estimate of drug-likeness (QED) is 0.874. The fraction of sp³-hybridized carbons (Fsp3) is 0.250. The summed E-state index contributed by atoms with van der Waals surface area (Å²) in [5.74, 6) is 0.339. The third-order valence-corrected chi connectivity index (χ3v) is 2.99. The van der Waals surface area contributed by atoms with Crippen LogP contribution in [-0.2, 0) is 17.9 Å². The highest BCUT2D eigenvalue weighted by Crippen LogP contribution is 2.21. The van der Waals surface area contributed by atoms with E-state index in [1.165, 1.54) is 6.07 Å². The fourth-order valence-electron chi connectivity index (χ4n) is 1.88. The lowest BCUT2D eigenvalue weighted by Gasteiger charge is -2.10. The summed E-state index contributed by atoms with van der Waals surface area (Å²) in [5.41, 5.74) is 2.63. The first-order valence-corrected chi connectivity index (χ1v) is 6.37. The highest BCUT2D eigenvalue weighted by molar-refractivity contribution is 5.50. The van der Waals surface area contributed by atoms with E-state index in [9.17, 15) is 4.39 Å². The zero-order chi connectivity index (χ0) is 14.4. The van der Waals surface area contributed by atoms with Gasteiger partial charge in [0.25, 0.3) is 0 Å². The first-order valence-electron chi connectivity index (χ1n) is 6.37. The summed E-state index contributed by atoms with van der Waals surface area (Å²) in [6.07, 6.45) is 0. The van der Waals surface area contributed by atoms with Gasteiger partial charge in [-0.3, -0.25) is 0 Å². The van der Waals surface area contributed by atoms with E-state index < -0.39 is 0 Å². The lowest BCUT2D eigenvalue weighted by atomic mass is 10.1. The number of methoxy groups -OCH3 is 2. The number of hydrogen-bond acceptors (Lipinski definition) is 3. The first-order chi connectivity index (χ1) is 9.72. The Bertz CT molecular complexity index is 555. The molecular weight excluding hydrogens is 257 g/mol. The molecule has 0 bridgehead atoms. The van der Waals surface area contributed by atoms with Gasteiger partial charge in [-0.25, -0.2) is 4.39 Å². The van der Waals surface area contributed by atoms with Gasteiger partial charge in [0.2, 0.25) is 0 Å². The minimum atomic E-state index is -0.290. The predicted molar refractivity (Wildman–Crippen MR) is 77.4 cm³/mol. The molecule has 0 fully saturated rings. The minimum absolute atomic E-state index is 0.290. The van der Waals surface area contributed by atoms with E-state index in [4.69, 9.17) is 9.47 Å². The molecule has 106 valence electrons. The number of rotatable bonds is 6. The first kappa shape index (κ1) is 14.3. The van der Waals surface area contributed by atoms with Gasteiger partial charge in [0.1, 0.15) is 11.6 Å². The van der Waals surface area contributed by atoms with Crippen molar-refractivity contribution in [3.63, 3.8) is 0 Å². The van der Waals surface area contributed by atoms with Gasteiger partial charge in [0.05, 0.1) is 19.4 Å². The molecule has 0 amide bonds. The SMILES string of the molecule is COCc1ccc(CNc2cc(OC)ccc2F)cc1. The average molecular weight is 275 g/mol. The Kier molecular flexibility index (Phi) is 4.96. The Morgan fingerprint density at radius 1 is 1.00 bits per heavy atom. The molecule has 20 heavy (non-hydrogen) atoms. The molecule has 1 N–H and O–H groups in total. The van der Waals surface area contributed by atoms with Crippen molar-refractivity contribution < 1.29 is 13.9 Å². The van der Waals surface area contributed by atoms with E-state index in [2.05, 4.69) is 5.32 Å².